The first-order chi connectivity index (χ1) is 12.1. The van der Waals surface area contributed by atoms with Gasteiger partial charge < -0.3 is 18.7 Å². The number of benzene rings is 2. The minimum absolute atomic E-state index is 0.233. The van der Waals surface area contributed by atoms with Crippen LogP contribution in [0.2, 0.25) is 0 Å². The number of aromatic nitrogens is 2. The molecule has 25 heavy (non-hydrogen) atoms. The summed E-state index contributed by atoms with van der Waals surface area (Å²) in [7, 11) is 0. The summed E-state index contributed by atoms with van der Waals surface area (Å²) >= 11 is 0. The topological polar surface area (TPSA) is 66.6 Å². The van der Waals surface area contributed by atoms with Crippen LogP contribution >= 0.6 is 0 Å². The Balaban J connectivity index is 1.53. The molecule has 2 heterocycles. The Hall–Kier alpha value is -3.02. The number of hydrogen-bond donors (Lipinski definition) is 0. The Kier molecular flexibility index (Phi) is 3.80. The van der Waals surface area contributed by atoms with Crippen LogP contribution in [0.4, 0.5) is 0 Å². The molecule has 0 unspecified atom stereocenters. The molecule has 2 aromatic carbocycles. The van der Waals surface area contributed by atoms with Crippen molar-refractivity contribution in [3.05, 3.63) is 53.4 Å². The van der Waals surface area contributed by atoms with Crippen LogP contribution in [-0.4, -0.2) is 16.9 Å². The molecule has 0 spiro atoms. The van der Waals surface area contributed by atoms with Crippen molar-refractivity contribution in [1.29, 1.82) is 0 Å². The van der Waals surface area contributed by atoms with E-state index >= 15 is 0 Å². The van der Waals surface area contributed by atoms with E-state index in [1.54, 1.807) is 0 Å². The van der Waals surface area contributed by atoms with Gasteiger partial charge in [0.1, 0.15) is 5.75 Å². The van der Waals surface area contributed by atoms with Crippen molar-refractivity contribution < 1.29 is 18.7 Å². The molecular weight excluding hydrogens is 320 g/mol. The average molecular weight is 338 g/mol. The van der Waals surface area contributed by atoms with Gasteiger partial charge in [0, 0.05) is 5.56 Å². The van der Waals surface area contributed by atoms with Gasteiger partial charge in [-0.25, -0.2) is 0 Å². The lowest BCUT2D eigenvalue weighted by Gasteiger charge is -2.12. The lowest BCUT2D eigenvalue weighted by molar-refractivity contribution is 0.174. The van der Waals surface area contributed by atoms with Crippen molar-refractivity contribution >= 4 is 0 Å². The molecule has 1 aromatic heterocycles. The molecule has 0 saturated heterocycles. The molecule has 0 aliphatic carbocycles. The summed E-state index contributed by atoms with van der Waals surface area (Å²) < 4.78 is 22.0. The Labute approximate surface area is 145 Å². The minimum Gasteiger partial charge on any atom is -0.481 e. The van der Waals surface area contributed by atoms with Gasteiger partial charge in [-0.15, -0.1) is 0 Å². The molecule has 0 amide bonds. The zero-order valence-electron chi connectivity index (χ0n) is 14.3. The first-order valence-electron chi connectivity index (χ1n) is 8.08. The van der Waals surface area contributed by atoms with Crippen molar-refractivity contribution in [1.82, 2.24) is 10.1 Å². The maximum absolute atomic E-state index is 5.92. The van der Waals surface area contributed by atoms with Crippen LogP contribution in [0.1, 0.15) is 30.0 Å². The van der Waals surface area contributed by atoms with Gasteiger partial charge in [0.25, 0.3) is 5.89 Å². The fourth-order valence-corrected chi connectivity index (χ4v) is 2.59. The van der Waals surface area contributed by atoms with Gasteiger partial charge in [-0.3, -0.25) is 0 Å². The molecule has 6 nitrogen and oxygen atoms in total. The summed E-state index contributed by atoms with van der Waals surface area (Å²) in [5.41, 5.74) is 3.21. The number of aryl methyl sites for hydroxylation is 2. The Morgan fingerprint density at radius 2 is 1.84 bits per heavy atom. The summed E-state index contributed by atoms with van der Waals surface area (Å²) in [5.74, 6) is 3.09. The Morgan fingerprint density at radius 1 is 1.00 bits per heavy atom. The second-order valence-electron chi connectivity index (χ2n) is 6.03. The first-order valence-corrected chi connectivity index (χ1v) is 8.08. The molecule has 1 atom stereocenters. The van der Waals surface area contributed by atoms with Crippen LogP contribution < -0.4 is 14.2 Å². The molecule has 1 aliphatic heterocycles. The third-order valence-electron chi connectivity index (χ3n) is 4.21. The van der Waals surface area contributed by atoms with Crippen molar-refractivity contribution in [2.45, 2.75) is 26.9 Å². The van der Waals surface area contributed by atoms with E-state index in [2.05, 4.69) is 24.0 Å². The van der Waals surface area contributed by atoms with Crippen LogP contribution in [-0.2, 0) is 0 Å². The van der Waals surface area contributed by atoms with Crippen molar-refractivity contribution in [3.8, 4) is 28.6 Å². The molecule has 0 radical (unpaired) electrons. The van der Waals surface area contributed by atoms with Crippen LogP contribution in [0.3, 0.4) is 0 Å². The van der Waals surface area contributed by atoms with E-state index in [9.17, 15) is 0 Å². The van der Waals surface area contributed by atoms with Crippen LogP contribution in [0, 0.1) is 13.8 Å². The largest absolute Gasteiger partial charge is 0.481 e. The highest BCUT2D eigenvalue weighted by Crippen LogP contribution is 2.35. The van der Waals surface area contributed by atoms with Crippen molar-refractivity contribution in [2.75, 3.05) is 6.79 Å². The number of hydrogen-bond acceptors (Lipinski definition) is 6. The third-order valence-corrected chi connectivity index (χ3v) is 4.21. The summed E-state index contributed by atoms with van der Waals surface area (Å²) in [6.45, 7) is 6.23. The fourth-order valence-electron chi connectivity index (χ4n) is 2.59. The quantitative estimate of drug-likeness (QED) is 0.709. The van der Waals surface area contributed by atoms with E-state index in [0.29, 0.717) is 17.5 Å². The zero-order valence-corrected chi connectivity index (χ0v) is 14.3. The molecular formula is C19H18N2O4. The van der Waals surface area contributed by atoms with E-state index in [-0.39, 0.29) is 12.9 Å². The number of fused-ring (bicyclic) bond motifs is 1. The second-order valence-corrected chi connectivity index (χ2v) is 6.03. The molecule has 0 N–H and O–H groups in total. The zero-order chi connectivity index (χ0) is 17.4. The molecule has 1 aliphatic rings. The van der Waals surface area contributed by atoms with Gasteiger partial charge in [-0.1, -0.05) is 11.2 Å². The first kappa shape index (κ1) is 15.5. The monoisotopic (exact) mass is 338 g/mol. The fraction of sp³-hybridized carbons (Fsp3) is 0.263. The maximum Gasteiger partial charge on any atom is 0.267 e. The standard InChI is InChI=1S/C19H18N2O4/c1-11-4-6-15(8-12(11)2)24-13(3)19-20-18(21-25-19)14-5-7-16-17(9-14)23-10-22-16/h4-9,13H,10H2,1-3H3/t13-/m1/s1. The lowest BCUT2D eigenvalue weighted by Crippen LogP contribution is -2.03. The molecule has 0 bridgehead atoms. The number of rotatable bonds is 4. The van der Waals surface area contributed by atoms with Crippen molar-refractivity contribution in [3.63, 3.8) is 0 Å². The molecule has 0 fully saturated rings. The molecule has 128 valence electrons. The molecule has 0 saturated carbocycles. The highest BCUT2D eigenvalue weighted by molar-refractivity contribution is 5.61. The van der Waals surface area contributed by atoms with E-state index in [1.165, 1.54) is 11.1 Å². The third kappa shape index (κ3) is 3.03. The Bertz CT molecular complexity index is 920. The van der Waals surface area contributed by atoms with Crippen LogP contribution in [0.25, 0.3) is 11.4 Å². The lowest BCUT2D eigenvalue weighted by atomic mass is 10.1. The highest BCUT2D eigenvalue weighted by Gasteiger charge is 2.19. The van der Waals surface area contributed by atoms with Gasteiger partial charge in [-0.05, 0) is 62.2 Å². The summed E-state index contributed by atoms with van der Waals surface area (Å²) in [6, 6.07) is 11.5. The van der Waals surface area contributed by atoms with Crippen LogP contribution in [0.15, 0.2) is 40.9 Å². The van der Waals surface area contributed by atoms with Crippen molar-refractivity contribution in [2.24, 2.45) is 0 Å². The van der Waals surface area contributed by atoms with E-state index in [4.69, 9.17) is 18.7 Å². The average Bonchev–Trinajstić information content (AvgIpc) is 3.26. The van der Waals surface area contributed by atoms with Gasteiger partial charge in [0.05, 0.1) is 0 Å². The predicted octanol–water partition coefficient (Wildman–Crippen LogP) is 4.22. The number of nitrogens with zero attached hydrogens (tertiary/aromatic N) is 2. The molecule has 4 rings (SSSR count). The van der Waals surface area contributed by atoms with Gasteiger partial charge in [0.2, 0.25) is 12.6 Å². The Morgan fingerprint density at radius 3 is 2.68 bits per heavy atom. The molecule has 6 heteroatoms. The molecule has 3 aromatic rings. The van der Waals surface area contributed by atoms with E-state index in [0.717, 1.165) is 17.1 Å². The summed E-state index contributed by atoms with van der Waals surface area (Å²) in [6.07, 6.45) is -0.350. The van der Waals surface area contributed by atoms with Gasteiger partial charge >= 0.3 is 0 Å². The van der Waals surface area contributed by atoms with E-state index < -0.39 is 0 Å². The predicted molar refractivity (Wildman–Crippen MR) is 90.8 cm³/mol. The van der Waals surface area contributed by atoms with E-state index in [1.807, 2.05) is 43.3 Å². The van der Waals surface area contributed by atoms with Crippen LogP contribution in [0.5, 0.6) is 17.2 Å². The smallest absolute Gasteiger partial charge is 0.267 e. The second kappa shape index (κ2) is 6.12. The summed E-state index contributed by atoms with van der Waals surface area (Å²) in [4.78, 5) is 4.44. The van der Waals surface area contributed by atoms with Gasteiger partial charge in [0.15, 0.2) is 17.6 Å². The highest BCUT2D eigenvalue weighted by atomic mass is 16.7. The maximum atomic E-state index is 5.92. The normalized spacial score (nSPS) is 13.7. The summed E-state index contributed by atoms with van der Waals surface area (Å²) in [5, 5.41) is 4.04. The van der Waals surface area contributed by atoms with Gasteiger partial charge in [-0.2, -0.15) is 4.98 Å². The SMILES string of the molecule is Cc1ccc(O[C@H](C)c2nc(-c3ccc4c(c3)OCO4)no2)cc1C. The minimum atomic E-state index is -0.350. The number of ether oxygens (including phenoxy) is 3.